The zero-order valence-electron chi connectivity index (χ0n) is 2.40. The number of hydrogen-bond acceptors (Lipinski definition) is 1. The normalized spacial score (nSPS) is 11.2. The standard InChI is InChI=1S/Cl3OPS/c1-5(2,3)6-4. The van der Waals surface area contributed by atoms with Gasteiger partial charge in [0.25, 0.3) is 0 Å². The van der Waals surface area contributed by atoms with Crippen molar-refractivity contribution in [2.24, 2.45) is 0 Å². The lowest BCUT2D eigenvalue weighted by molar-refractivity contribution is 0.701. The van der Waals surface area contributed by atoms with Gasteiger partial charge in [0, 0.05) is 0 Å². The number of rotatable bonds is 0. The molecule has 0 heterocycles. The van der Waals surface area contributed by atoms with E-state index in [-0.39, 0.29) is 10.8 Å². The molecule has 0 N–H and O–H groups in total. The van der Waals surface area contributed by atoms with Crippen molar-refractivity contribution in [1.29, 1.82) is 0 Å². The molecule has 0 aromatic carbocycles. The molecule has 0 aromatic heterocycles. The van der Waals surface area contributed by atoms with E-state index >= 15 is 0 Å². The molecule has 0 saturated heterocycles. The summed E-state index contributed by atoms with van der Waals surface area (Å²) >= 11 is 15.0. The Morgan fingerprint density at radius 3 is 1.50 bits per heavy atom. The first-order valence-electron chi connectivity index (χ1n) is 0.856. The molecule has 0 aliphatic heterocycles. The Bertz CT molecular complexity index is 99.7. The second kappa shape index (κ2) is 2.58. The Labute approximate surface area is 53.0 Å². The molecule has 0 unspecified atom stereocenters. The largest absolute Gasteiger partial charge is 0.232 e. The first-order valence-corrected chi connectivity index (χ1v) is 6.71. The van der Waals surface area contributed by atoms with Crippen molar-refractivity contribution in [1.82, 2.24) is 0 Å². The summed E-state index contributed by atoms with van der Waals surface area (Å²) < 4.78 is 6.90. The van der Waals surface area contributed by atoms with E-state index in [0.29, 0.717) is 0 Å². The third-order valence-corrected chi connectivity index (χ3v) is 2.28. The Hall–Kier alpha value is 1.32. The van der Waals surface area contributed by atoms with E-state index in [9.17, 15) is 4.21 Å². The van der Waals surface area contributed by atoms with Crippen LogP contribution < -0.4 is 0 Å². The van der Waals surface area contributed by atoms with Crippen LogP contribution in [0.2, 0.25) is 0 Å². The predicted molar refractivity (Wildman–Crippen MR) is 32.6 cm³/mol. The van der Waals surface area contributed by atoms with Crippen LogP contribution in [0.25, 0.3) is 0 Å². The molecule has 0 aliphatic carbocycles. The van der Waals surface area contributed by atoms with Crippen LogP contribution in [0.1, 0.15) is 0 Å². The monoisotopic (exact) mass is 184 g/mol. The molecule has 0 radical (unpaired) electrons. The van der Waals surface area contributed by atoms with E-state index in [1.165, 1.54) is 0 Å². The Morgan fingerprint density at radius 2 is 1.50 bits per heavy atom. The van der Waals surface area contributed by atoms with Crippen molar-refractivity contribution >= 4 is 48.7 Å². The van der Waals surface area contributed by atoms with Gasteiger partial charge in [-0.25, -0.2) is 4.21 Å². The second-order valence-corrected chi connectivity index (χ2v) is 11.4. The number of hydrogen-bond donors (Lipinski definition) is 0. The van der Waals surface area contributed by atoms with Crippen LogP contribution in [-0.2, 0) is 10.8 Å². The highest BCUT2D eigenvalue weighted by atomic mass is 36.1. The van der Waals surface area contributed by atoms with Crippen molar-refractivity contribution in [2.75, 3.05) is 0 Å². The molecule has 1 nitrogen and oxygen atoms in total. The third-order valence-electron chi connectivity index (χ3n) is 0.0845. The molecular formula is Cl3OPS. The highest BCUT2D eigenvalue weighted by Crippen LogP contribution is 2.62. The predicted octanol–water partition coefficient (Wildman–Crippen LogP) is 2.59. The summed E-state index contributed by atoms with van der Waals surface area (Å²) in [5.74, 6) is 0. The average molecular weight is 185 g/mol. The van der Waals surface area contributed by atoms with Crippen LogP contribution in [0.15, 0.2) is 0 Å². The molecule has 0 saturated carbocycles. The molecule has 0 fully saturated rings. The van der Waals surface area contributed by atoms with Gasteiger partial charge in [-0.05, 0) is 33.7 Å². The Balaban J connectivity index is 4.21. The lowest BCUT2D eigenvalue weighted by Crippen LogP contribution is -1.29. The molecule has 0 aromatic rings. The van der Waals surface area contributed by atoms with Gasteiger partial charge >= 0.3 is 0 Å². The van der Waals surface area contributed by atoms with E-state index in [1.54, 1.807) is 0 Å². The number of halogens is 3. The van der Waals surface area contributed by atoms with Crippen LogP contribution in [0.5, 0.6) is 0 Å². The average Bonchev–Trinajstić information content (AvgIpc) is 1.35. The fourth-order valence-electron chi connectivity index (χ4n) is 0. The maximum atomic E-state index is 9.52. The highest BCUT2D eigenvalue weighted by Gasteiger charge is 2.00. The molecule has 0 amide bonds. The molecule has 0 spiro atoms. The maximum absolute atomic E-state index is 9.52. The fraction of sp³-hybridized carbons (Fsp3) is 0. The van der Waals surface area contributed by atoms with Crippen molar-refractivity contribution in [2.45, 2.75) is 0 Å². The van der Waals surface area contributed by atoms with Gasteiger partial charge in [-0.15, -0.1) is 0 Å². The zero-order chi connectivity index (χ0) is 5.21. The van der Waals surface area contributed by atoms with Crippen LogP contribution in [0.4, 0.5) is 0 Å². The molecule has 0 atom stereocenters. The molecule has 0 bridgehead atoms. The van der Waals surface area contributed by atoms with Crippen LogP contribution >= 0.6 is 37.8 Å². The van der Waals surface area contributed by atoms with Crippen LogP contribution in [0, 0.1) is 0 Å². The summed E-state index contributed by atoms with van der Waals surface area (Å²) in [7, 11) is 0.0394. The minimum Gasteiger partial charge on any atom is -0.210 e. The topological polar surface area (TPSA) is 17.1 Å². The molecular weight excluding hydrogens is 185 g/mol. The third kappa shape index (κ3) is 5.32. The fourth-order valence-corrected chi connectivity index (χ4v) is 0. The maximum Gasteiger partial charge on any atom is 0.232 e. The van der Waals surface area contributed by atoms with Crippen molar-refractivity contribution in [3.8, 4) is 0 Å². The molecule has 6 heteroatoms. The summed E-state index contributed by atoms with van der Waals surface area (Å²) in [4.78, 5) is 0. The molecule has 38 valence electrons. The van der Waals surface area contributed by atoms with Gasteiger partial charge < -0.3 is 0 Å². The van der Waals surface area contributed by atoms with E-state index in [1.807, 2.05) is 0 Å². The molecule has 0 aliphatic rings. The molecule has 6 heavy (non-hydrogen) atoms. The van der Waals surface area contributed by atoms with E-state index in [4.69, 9.17) is 33.7 Å². The first-order chi connectivity index (χ1) is 2.56. The minimum atomic E-state index is -2.62. The summed E-state index contributed by atoms with van der Waals surface area (Å²) in [5.41, 5.74) is 0. The summed E-state index contributed by atoms with van der Waals surface area (Å²) in [6, 6.07) is 0. The summed E-state index contributed by atoms with van der Waals surface area (Å²) in [5, 5.41) is 0. The van der Waals surface area contributed by atoms with Gasteiger partial charge in [-0.3, -0.25) is 0 Å². The van der Waals surface area contributed by atoms with Crippen LogP contribution in [0.3, 0.4) is 0 Å². The van der Waals surface area contributed by atoms with Gasteiger partial charge in [-0.2, -0.15) is 0 Å². The Morgan fingerprint density at radius 1 is 1.33 bits per heavy atom. The minimum absolute atomic E-state index is 0.0394. The van der Waals surface area contributed by atoms with Crippen LogP contribution in [-0.4, -0.2) is 4.21 Å². The molecule has 0 rings (SSSR count). The van der Waals surface area contributed by atoms with Crippen molar-refractivity contribution in [3.63, 3.8) is 0 Å². The van der Waals surface area contributed by atoms with E-state index in [2.05, 4.69) is 0 Å². The summed E-state index contributed by atoms with van der Waals surface area (Å²) in [6.45, 7) is 0. The zero-order valence-corrected chi connectivity index (χ0v) is 6.38. The second-order valence-electron chi connectivity index (χ2n) is 0.473. The SMILES string of the molecule is O=S=P(Cl)(Cl)Cl. The van der Waals surface area contributed by atoms with E-state index in [0.717, 1.165) is 0 Å². The van der Waals surface area contributed by atoms with E-state index < -0.39 is 4.10 Å². The van der Waals surface area contributed by atoms with Crippen molar-refractivity contribution < 1.29 is 4.21 Å². The van der Waals surface area contributed by atoms with Gasteiger partial charge in [0.15, 0.2) is 0 Å². The lowest BCUT2D eigenvalue weighted by atomic mass is 16.0. The van der Waals surface area contributed by atoms with Gasteiger partial charge in [0.2, 0.25) is 4.10 Å². The van der Waals surface area contributed by atoms with Gasteiger partial charge in [-0.1, -0.05) is 0 Å². The Kier molecular flexibility index (Phi) is 3.15. The summed E-state index contributed by atoms with van der Waals surface area (Å²) in [6.07, 6.45) is 0. The smallest absolute Gasteiger partial charge is 0.210 e. The van der Waals surface area contributed by atoms with Crippen molar-refractivity contribution in [3.05, 3.63) is 0 Å². The lowest BCUT2D eigenvalue weighted by Gasteiger charge is -1.79. The van der Waals surface area contributed by atoms with Gasteiger partial charge in [0.1, 0.15) is 10.8 Å². The quantitative estimate of drug-likeness (QED) is 0.530. The first kappa shape index (κ1) is 7.32. The highest BCUT2D eigenvalue weighted by molar-refractivity contribution is 8.51. The van der Waals surface area contributed by atoms with Gasteiger partial charge in [0.05, 0.1) is 0 Å².